The van der Waals surface area contributed by atoms with Crippen LogP contribution in [0.3, 0.4) is 0 Å². The molecule has 0 aromatic carbocycles. The van der Waals surface area contributed by atoms with Gasteiger partial charge in [-0.05, 0) is 0 Å². The molecule has 17 heavy (non-hydrogen) atoms. The maximum Gasteiger partial charge on any atom is 0.293 e. The van der Waals surface area contributed by atoms with Gasteiger partial charge >= 0.3 is 0 Å². The Morgan fingerprint density at radius 2 is 2.35 bits per heavy atom. The SMILES string of the molecule is Cn1ccc(NC(=O)c2ncc(O)c(=O)[nH]2)n1. The third-order valence-electron chi connectivity index (χ3n) is 1.95. The Hall–Kier alpha value is -2.64. The van der Waals surface area contributed by atoms with Crippen LogP contribution in [-0.2, 0) is 7.05 Å². The molecule has 2 rings (SSSR count). The molecule has 0 unspecified atom stereocenters. The van der Waals surface area contributed by atoms with E-state index in [1.54, 1.807) is 19.3 Å². The first kappa shape index (κ1) is 10.9. The van der Waals surface area contributed by atoms with Crippen molar-refractivity contribution >= 4 is 11.7 Å². The molecule has 8 heteroatoms. The Morgan fingerprint density at radius 3 is 2.94 bits per heavy atom. The molecule has 0 saturated heterocycles. The topological polar surface area (TPSA) is 113 Å². The van der Waals surface area contributed by atoms with E-state index < -0.39 is 17.2 Å². The number of anilines is 1. The fourth-order valence-electron chi connectivity index (χ4n) is 1.16. The first-order valence-electron chi connectivity index (χ1n) is 4.65. The maximum absolute atomic E-state index is 11.6. The van der Waals surface area contributed by atoms with Crippen LogP contribution < -0.4 is 10.9 Å². The summed E-state index contributed by atoms with van der Waals surface area (Å²) in [7, 11) is 1.70. The van der Waals surface area contributed by atoms with E-state index in [1.807, 2.05) is 0 Å². The van der Waals surface area contributed by atoms with Gasteiger partial charge in [0.15, 0.2) is 17.4 Å². The maximum atomic E-state index is 11.6. The zero-order chi connectivity index (χ0) is 12.4. The van der Waals surface area contributed by atoms with E-state index in [-0.39, 0.29) is 5.82 Å². The van der Waals surface area contributed by atoms with E-state index in [2.05, 4.69) is 20.4 Å². The van der Waals surface area contributed by atoms with Gasteiger partial charge in [-0.25, -0.2) is 4.98 Å². The highest BCUT2D eigenvalue weighted by Gasteiger charge is 2.11. The zero-order valence-electron chi connectivity index (χ0n) is 8.84. The third-order valence-corrected chi connectivity index (χ3v) is 1.95. The van der Waals surface area contributed by atoms with Crippen LogP contribution in [0.4, 0.5) is 5.82 Å². The summed E-state index contributed by atoms with van der Waals surface area (Å²) in [5, 5.41) is 15.3. The van der Waals surface area contributed by atoms with Crippen molar-refractivity contribution < 1.29 is 9.90 Å². The molecule has 0 spiro atoms. The van der Waals surface area contributed by atoms with E-state index in [0.29, 0.717) is 5.82 Å². The number of nitrogens with one attached hydrogen (secondary N) is 2. The molecule has 0 saturated carbocycles. The number of nitrogens with zero attached hydrogens (tertiary/aromatic N) is 3. The van der Waals surface area contributed by atoms with Crippen molar-refractivity contribution in [2.75, 3.05) is 5.32 Å². The molecule has 0 bridgehead atoms. The number of aromatic amines is 1. The molecule has 2 heterocycles. The van der Waals surface area contributed by atoms with Gasteiger partial charge in [0.1, 0.15) is 0 Å². The minimum Gasteiger partial charge on any atom is -0.502 e. The summed E-state index contributed by atoms with van der Waals surface area (Å²) in [4.78, 5) is 28.4. The average molecular weight is 235 g/mol. The molecule has 1 amide bonds. The summed E-state index contributed by atoms with van der Waals surface area (Å²) in [6.07, 6.45) is 2.56. The highest BCUT2D eigenvalue weighted by atomic mass is 16.3. The molecule has 2 aromatic heterocycles. The Labute approximate surface area is 94.9 Å². The molecule has 88 valence electrons. The standard InChI is InChI=1S/C9H9N5O3/c1-14-3-2-6(13-14)11-9(17)7-10-4-5(15)8(16)12-7/h2-4,15H,1H3,(H,10,12,16)(H,11,13,17). The number of hydrogen-bond donors (Lipinski definition) is 3. The van der Waals surface area contributed by atoms with Gasteiger partial charge in [-0.3, -0.25) is 19.3 Å². The smallest absolute Gasteiger partial charge is 0.293 e. The van der Waals surface area contributed by atoms with Crippen molar-refractivity contribution in [1.29, 1.82) is 0 Å². The molecule has 0 atom stereocenters. The highest BCUT2D eigenvalue weighted by Crippen LogP contribution is 2.03. The predicted octanol–water partition coefficient (Wildman–Crippen LogP) is -0.539. The Kier molecular flexibility index (Phi) is 2.61. The van der Waals surface area contributed by atoms with E-state index in [0.717, 1.165) is 6.20 Å². The number of aryl methyl sites for hydroxylation is 1. The fourth-order valence-corrected chi connectivity index (χ4v) is 1.16. The van der Waals surface area contributed by atoms with Gasteiger partial charge in [0.2, 0.25) is 0 Å². The van der Waals surface area contributed by atoms with Crippen LogP contribution in [0.2, 0.25) is 0 Å². The van der Waals surface area contributed by atoms with E-state index in [9.17, 15) is 9.59 Å². The minimum absolute atomic E-state index is 0.196. The van der Waals surface area contributed by atoms with Crippen molar-refractivity contribution in [3.8, 4) is 5.75 Å². The van der Waals surface area contributed by atoms with Crippen LogP contribution in [0.15, 0.2) is 23.3 Å². The van der Waals surface area contributed by atoms with Gasteiger partial charge in [-0.2, -0.15) is 5.10 Å². The van der Waals surface area contributed by atoms with Crippen LogP contribution in [0, 0.1) is 0 Å². The average Bonchev–Trinajstić information content (AvgIpc) is 2.68. The van der Waals surface area contributed by atoms with Crippen molar-refractivity contribution in [3.63, 3.8) is 0 Å². The fraction of sp³-hybridized carbons (Fsp3) is 0.111. The summed E-state index contributed by atoms with van der Waals surface area (Å²) < 4.78 is 1.52. The number of hydrogen-bond acceptors (Lipinski definition) is 5. The molecule has 0 fully saturated rings. The van der Waals surface area contributed by atoms with Gasteiger partial charge in [0.25, 0.3) is 11.5 Å². The number of rotatable bonds is 2. The Balaban J connectivity index is 2.20. The molecule has 0 aliphatic rings. The van der Waals surface area contributed by atoms with Gasteiger partial charge in [-0.1, -0.05) is 0 Å². The molecular weight excluding hydrogens is 226 g/mol. The number of aromatic nitrogens is 4. The monoisotopic (exact) mass is 235 g/mol. The van der Waals surface area contributed by atoms with E-state index in [4.69, 9.17) is 5.11 Å². The van der Waals surface area contributed by atoms with Crippen molar-refractivity contribution in [3.05, 3.63) is 34.6 Å². The lowest BCUT2D eigenvalue weighted by atomic mass is 10.5. The van der Waals surface area contributed by atoms with E-state index >= 15 is 0 Å². The normalized spacial score (nSPS) is 10.2. The summed E-state index contributed by atoms with van der Waals surface area (Å²) in [5.41, 5.74) is -0.772. The predicted molar refractivity (Wildman–Crippen MR) is 57.7 cm³/mol. The molecule has 8 nitrogen and oxygen atoms in total. The number of H-pyrrole nitrogens is 1. The second-order valence-electron chi connectivity index (χ2n) is 3.27. The van der Waals surface area contributed by atoms with Crippen LogP contribution in [0.5, 0.6) is 5.75 Å². The molecular formula is C9H9N5O3. The van der Waals surface area contributed by atoms with E-state index in [1.165, 1.54) is 4.68 Å². The van der Waals surface area contributed by atoms with Crippen LogP contribution in [0.25, 0.3) is 0 Å². The largest absolute Gasteiger partial charge is 0.502 e. The Morgan fingerprint density at radius 1 is 1.59 bits per heavy atom. The molecule has 3 N–H and O–H groups in total. The minimum atomic E-state index is -0.772. The highest BCUT2D eigenvalue weighted by molar-refractivity contribution is 6.00. The quantitative estimate of drug-likeness (QED) is 0.647. The number of carbonyl (C=O) groups excluding carboxylic acids is 1. The lowest BCUT2D eigenvalue weighted by Crippen LogP contribution is -2.20. The van der Waals surface area contributed by atoms with Crippen molar-refractivity contribution in [2.24, 2.45) is 7.05 Å². The number of amides is 1. The summed E-state index contributed by atoms with van der Waals surface area (Å²) in [6.45, 7) is 0. The van der Waals surface area contributed by atoms with Gasteiger partial charge in [-0.15, -0.1) is 0 Å². The molecule has 2 aromatic rings. The number of carbonyl (C=O) groups is 1. The lowest BCUT2D eigenvalue weighted by molar-refractivity contribution is 0.101. The summed E-state index contributed by atoms with van der Waals surface area (Å²) in [5.74, 6) is -1.01. The van der Waals surface area contributed by atoms with Crippen LogP contribution >= 0.6 is 0 Å². The van der Waals surface area contributed by atoms with Crippen molar-refractivity contribution in [1.82, 2.24) is 19.7 Å². The zero-order valence-corrected chi connectivity index (χ0v) is 8.84. The summed E-state index contributed by atoms with van der Waals surface area (Å²) in [6, 6.07) is 1.59. The first-order chi connectivity index (χ1) is 8.06. The lowest BCUT2D eigenvalue weighted by Gasteiger charge is -2.00. The van der Waals surface area contributed by atoms with Crippen LogP contribution in [-0.4, -0.2) is 30.8 Å². The number of aromatic hydroxyl groups is 1. The van der Waals surface area contributed by atoms with Gasteiger partial charge < -0.3 is 10.4 Å². The summed E-state index contributed by atoms with van der Waals surface area (Å²) >= 11 is 0. The van der Waals surface area contributed by atoms with Crippen molar-refractivity contribution in [2.45, 2.75) is 0 Å². The van der Waals surface area contributed by atoms with Gasteiger partial charge in [0.05, 0.1) is 6.20 Å². The third kappa shape index (κ3) is 2.30. The van der Waals surface area contributed by atoms with Crippen LogP contribution in [0.1, 0.15) is 10.6 Å². The molecule has 0 aliphatic carbocycles. The Bertz CT molecular complexity index is 615. The molecule has 0 radical (unpaired) electrons. The molecule has 0 aliphatic heterocycles. The first-order valence-corrected chi connectivity index (χ1v) is 4.65. The second-order valence-corrected chi connectivity index (χ2v) is 3.27. The van der Waals surface area contributed by atoms with Gasteiger partial charge in [0, 0.05) is 19.3 Å². The second kappa shape index (κ2) is 4.08.